The second-order valence-electron chi connectivity index (χ2n) is 4.51. The molecule has 22 heavy (non-hydrogen) atoms. The molecule has 0 fully saturated rings. The van der Waals surface area contributed by atoms with Gasteiger partial charge in [0.05, 0.1) is 12.9 Å². The second kappa shape index (κ2) is 15.1. The number of halogens is 2. The summed E-state index contributed by atoms with van der Waals surface area (Å²) in [5, 5.41) is 6.45. The van der Waals surface area contributed by atoms with Crippen LogP contribution in [0.2, 0.25) is 0 Å². The first-order valence-corrected chi connectivity index (χ1v) is 7.55. The first kappa shape index (κ1) is 21.2. The van der Waals surface area contributed by atoms with Crippen LogP contribution in [0.5, 0.6) is 0 Å². The number of hydrogen-bond donors (Lipinski definition) is 2. The summed E-state index contributed by atoms with van der Waals surface area (Å²) in [4.78, 5) is 4.33. The molecular weight excluding hydrogens is 400 g/mol. The molecule has 0 atom stereocenters. The minimum Gasteiger partial charge on any atom is -0.469 e. The summed E-state index contributed by atoms with van der Waals surface area (Å²) in [7, 11) is 0. The normalized spacial score (nSPS) is 11.1. The Morgan fingerprint density at radius 3 is 2.82 bits per heavy atom. The third-order valence-electron chi connectivity index (χ3n) is 2.77. The van der Waals surface area contributed by atoms with Crippen LogP contribution in [-0.2, 0) is 11.2 Å². The Kier molecular flexibility index (Phi) is 14.5. The highest BCUT2D eigenvalue weighted by Crippen LogP contribution is 1.99. The van der Waals surface area contributed by atoms with E-state index in [1.54, 1.807) is 6.26 Å². The molecule has 0 unspecified atom stereocenters. The summed E-state index contributed by atoms with van der Waals surface area (Å²) >= 11 is 0. The number of ether oxygens (including phenoxy) is 1. The molecule has 0 aliphatic heterocycles. The van der Waals surface area contributed by atoms with E-state index in [2.05, 4.69) is 15.6 Å². The molecule has 0 saturated carbocycles. The molecule has 7 heteroatoms. The van der Waals surface area contributed by atoms with Crippen molar-refractivity contribution in [2.45, 2.75) is 26.2 Å². The van der Waals surface area contributed by atoms with Crippen molar-refractivity contribution < 1.29 is 13.5 Å². The third kappa shape index (κ3) is 10.8. The van der Waals surface area contributed by atoms with Crippen LogP contribution >= 0.6 is 24.0 Å². The molecule has 0 aliphatic carbocycles. The van der Waals surface area contributed by atoms with Crippen molar-refractivity contribution in [3.05, 3.63) is 24.2 Å². The number of aliphatic imine (C=N–C) groups is 1. The van der Waals surface area contributed by atoms with Gasteiger partial charge in [0, 0.05) is 39.3 Å². The molecule has 5 nitrogen and oxygen atoms in total. The summed E-state index contributed by atoms with van der Waals surface area (Å²) < 4.78 is 22.7. The van der Waals surface area contributed by atoms with E-state index >= 15 is 0 Å². The Labute approximate surface area is 149 Å². The zero-order valence-corrected chi connectivity index (χ0v) is 15.5. The van der Waals surface area contributed by atoms with Crippen LogP contribution < -0.4 is 10.6 Å². The molecule has 0 radical (unpaired) electrons. The molecule has 1 aromatic heterocycles. The maximum atomic E-state index is 12.1. The van der Waals surface area contributed by atoms with Gasteiger partial charge in [-0.3, -0.25) is 9.38 Å². The second-order valence-corrected chi connectivity index (χ2v) is 4.51. The molecule has 1 rings (SSSR count). The average molecular weight is 427 g/mol. The highest BCUT2D eigenvalue weighted by atomic mass is 127. The fraction of sp³-hybridized carbons (Fsp3) is 0.667. The van der Waals surface area contributed by atoms with Crippen LogP contribution in [0.4, 0.5) is 4.39 Å². The standard InChI is InChI=1S/C15H26FN3O2.HI/c1-2-20-12-5-10-18-15(17-9-4-8-16)19-11-7-14-6-3-13-21-14;/h3,6,13H,2,4-5,7-12H2,1H3,(H2,17,18,19);1H. The van der Waals surface area contributed by atoms with Gasteiger partial charge in [0.25, 0.3) is 0 Å². The smallest absolute Gasteiger partial charge is 0.191 e. The van der Waals surface area contributed by atoms with E-state index in [1.165, 1.54) is 0 Å². The van der Waals surface area contributed by atoms with Gasteiger partial charge in [-0.25, -0.2) is 0 Å². The molecule has 1 aromatic rings. The van der Waals surface area contributed by atoms with Crippen molar-refractivity contribution in [1.82, 2.24) is 10.6 Å². The van der Waals surface area contributed by atoms with Gasteiger partial charge >= 0.3 is 0 Å². The van der Waals surface area contributed by atoms with Gasteiger partial charge < -0.3 is 19.8 Å². The highest BCUT2D eigenvalue weighted by molar-refractivity contribution is 14.0. The Morgan fingerprint density at radius 1 is 1.32 bits per heavy atom. The topological polar surface area (TPSA) is 58.8 Å². The maximum absolute atomic E-state index is 12.1. The lowest BCUT2D eigenvalue weighted by Crippen LogP contribution is -2.39. The van der Waals surface area contributed by atoms with Crippen molar-refractivity contribution in [2.24, 2.45) is 4.99 Å². The van der Waals surface area contributed by atoms with Crippen molar-refractivity contribution in [3.8, 4) is 0 Å². The zero-order valence-electron chi connectivity index (χ0n) is 13.1. The summed E-state index contributed by atoms with van der Waals surface area (Å²) in [6.07, 6.45) is 3.81. The number of nitrogens with zero attached hydrogens (tertiary/aromatic N) is 1. The van der Waals surface area contributed by atoms with Gasteiger partial charge in [0.1, 0.15) is 5.76 Å². The molecule has 0 bridgehead atoms. The first-order chi connectivity index (χ1) is 10.4. The van der Waals surface area contributed by atoms with Crippen LogP contribution in [-0.4, -0.2) is 45.5 Å². The van der Waals surface area contributed by atoms with Crippen LogP contribution in [0.1, 0.15) is 25.5 Å². The average Bonchev–Trinajstić information content (AvgIpc) is 3.00. The van der Waals surface area contributed by atoms with Gasteiger partial charge in [-0.05, 0) is 31.9 Å². The quantitative estimate of drug-likeness (QED) is 0.247. The zero-order chi connectivity index (χ0) is 15.2. The van der Waals surface area contributed by atoms with E-state index in [0.29, 0.717) is 18.9 Å². The fourth-order valence-electron chi connectivity index (χ4n) is 1.71. The number of nitrogens with one attached hydrogen (secondary N) is 2. The first-order valence-electron chi connectivity index (χ1n) is 7.55. The number of guanidine groups is 1. The molecule has 0 spiro atoms. The van der Waals surface area contributed by atoms with E-state index in [9.17, 15) is 4.39 Å². The van der Waals surface area contributed by atoms with E-state index in [1.807, 2.05) is 19.1 Å². The van der Waals surface area contributed by atoms with Crippen molar-refractivity contribution in [1.29, 1.82) is 0 Å². The molecule has 0 aliphatic rings. The lowest BCUT2D eigenvalue weighted by molar-refractivity contribution is 0.145. The lowest BCUT2D eigenvalue weighted by Gasteiger charge is -2.12. The van der Waals surface area contributed by atoms with Crippen LogP contribution in [0.25, 0.3) is 0 Å². The van der Waals surface area contributed by atoms with E-state index < -0.39 is 0 Å². The van der Waals surface area contributed by atoms with Crippen molar-refractivity contribution >= 4 is 29.9 Å². The van der Waals surface area contributed by atoms with E-state index in [0.717, 1.165) is 44.9 Å². The summed E-state index contributed by atoms with van der Waals surface area (Å²) in [6.45, 7) is 5.09. The van der Waals surface area contributed by atoms with E-state index in [4.69, 9.17) is 9.15 Å². The Bertz CT molecular complexity index is 375. The molecule has 0 aromatic carbocycles. The molecule has 0 amide bonds. The van der Waals surface area contributed by atoms with Gasteiger partial charge in [0.15, 0.2) is 5.96 Å². The third-order valence-corrected chi connectivity index (χ3v) is 2.77. The lowest BCUT2D eigenvalue weighted by atomic mass is 10.3. The number of rotatable bonds is 11. The largest absolute Gasteiger partial charge is 0.469 e. The Balaban J connectivity index is 0.00000441. The molecule has 128 valence electrons. The van der Waals surface area contributed by atoms with Crippen LogP contribution in [0, 0.1) is 0 Å². The maximum Gasteiger partial charge on any atom is 0.191 e. The predicted octanol–water partition coefficient (Wildman–Crippen LogP) is 2.76. The van der Waals surface area contributed by atoms with Gasteiger partial charge in [-0.15, -0.1) is 24.0 Å². The number of alkyl halides is 1. The SMILES string of the molecule is CCOCCCNC(=NCCCF)NCCc1ccco1.I. The predicted molar refractivity (Wildman–Crippen MR) is 97.8 cm³/mol. The molecule has 0 saturated heterocycles. The number of furan rings is 1. The van der Waals surface area contributed by atoms with E-state index in [-0.39, 0.29) is 30.7 Å². The minimum absolute atomic E-state index is 0. The Morgan fingerprint density at radius 2 is 2.14 bits per heavy atom. The summed E-state index contributed by atoms with van der Waals surface area (Å²) in [6, 6.07) is 3.81. The summed E-state index contributed by atoms with van der Waals surface area (Å²) in [5.41, 5.74) is 0. The molecule has 2 N–H and O–H groups in total. The molecule has 1 heterocycles. The van der Waals surface area contributed by atoms with Crippen molar-refractivity contribution in [3.63, 3.8) is 0 Å². The number of hydrogen-bond acceptors (Lipinski definition) is 3. The monoisotopic (exact) mass is 427 g/mol. The minimum atomic E-state index is -0.340. The van der Waals surface area contributed by atoms with Crippen LogP contribution in [0.3, 0.4) is 0 Å². The molecular formula is C15H27FIN3O2. The fourth-order valence-corrected chi connectivity index (χ4v) is 1.71. The summed E-state index contributed by atoms with van der Waals surface area (Å²) in [5.74, 6) is 1.65. The van der Waals surface area contributed by atoms with Gasteiger partial charge in [-0.2, -0.15) is 0 Å². The van der Waals surface area contributed by atoms with Crippen LogP contribution in [0.15, 0.2) is 27.8 Å². The van der Waals surface area contributed by atoms with Gasteiger partial charge in [-0.1, -0.05) is 0 Å². The van der Waals surface area contributed by atoms with Gasteiger partial charge in [0.2, 0.25) is 0 Å². The Hall–Kier alpha value is -0.830. The highest BCUT2D eigenvalue weighted by Gasteiger charge is 2.00. The van der Waals surface area contributed by atoms with Crippen molar-refractivity contribution in [2.75, 3.05) is 39.5 Å².